The number of rotatable bonds is 5. The standard InChI is InChI=1S/C9H14N2S2/c1-10-8(7-2-3-7)6-13-9-11-4-5-12-9/h4-5,7-8,10H,2-3,6H2,1H3. The molecule has 0 radical (unpaired) electrons. The van der Waals surface area contributed by atoms with Crippen molar-refractivity contribution in [3.05, 3.63) is 11.6 Å². The van der Waals surface area contributed by atoms with Gasteiger partial charge in [-0.3, -0.25) is 0 Å². The maximum absolute atomic E-state index is 4.26. The molecule has 1 saturated carbocycles. The number of aromatic nitrogens is 1. The van der Waals surface area contributed by atoms with Gasteiger partial charge in [-0.05, 0) is 25.8 Å². The molecule has 1 aromatic heterocycles. The molecule has 0 aromatic carbocycles. The van der Waals surface area contributed by atoms with Crippen molar-refractivity contribution in [2.24, 2.45) is 5.92 Å². The fourth-order valence-electron chi connectivity index (χ4n) is 1.40. The van der Waals surface area contributed by atoms with Gasteiger partial charge in [0, 0.05) is 23.4 Å². The Morgan fingerprint density at radius 3 is 3.15 bits per heavy atom. The van der Waals surface area contributed by atoms with Crippen molar-refractivity contribution < 1.29 is 0 Å². The summed E-state index contributed by atoms with van der Waals surface area (Å²) in [6.07, 6.45) is 4.69. The number of hydrogen-bond donors (Lipinski definition) is 1. The Hall–Kier alpha value is -0.0600. The molecule has 2 nitrogen and oxygen atoms in total. The first kappa shape index (κ1) is 9.49. The summed E-state index contributed by atoms with van der Waals surface area (Å²) >= 11 is 3.60. The number of nitrogens with zero attached hydrogens (tertiary/aromatic N) is 1. The number of thioether (sulfide) groups is 1. The van der Waals surface area contributed by atoms with Crippen LogP contribution < -0.4 is 5.32 Å². The molecular formula is C9H14N2S2. The average Bonchev–Trinajstić information content (AvgIpc) is 2.84. The highest BCUT2D eigenvalue weighted by Gasteiger charge is 2.29. The van der Waals surface area contributed by atoms with Gasteiger partial charge >= 0.3 is 0 Å². The quantitative estimate of drug-likeness (QED) is 0.761. The molecule has 13 heavy (non-hydrogen) atoms. The van der Waals surface area contributed by atoms with Crippen LogP contribution in [0.2, 0.25) is 0 Å². The van der Waals surface area contributed by atoms with Gasteiger partial charge in [0.25, 0.3) is 0 Å². The Kier molecular flexibility index (Phi) is 3.24. The lowest BCUT2D eigenvalue weighted by molar-refractivity contribution is 0.554. The molecule has 1 N–H and O–H groups in total. The topological polar surface area (TPSA) is 24.9 Å². The Bertz CT molecular complexity index is 244. The zero-order chi connectivity index (χ0) is 9.10. The second-order valence-electron chi connectivity index (χ2n) is 3.34. The maximum atomic E-state index is 4.26. The van der Waals surface area contributed by atoms with Gasteiger partial charge in [-0.25, -0.2) is 4.98 Å². The number of thiazole rings is 1. The largest absolute Gasteiger partial charge is 0.316 e. The second-order valence-corrected chi connectivity index (χ2v) is 5.50. The third-order valence-electron chi connectivity index (χ3n) is 2.36. The van der Waals surface area contributed by atoms with Crippen molar-refractivity contribution in [2.75, 3.05) is 12.8 Å². The molecule has 1 unspecified atom stereocenters. The summed E-state index contributed by atoms with van der Waals surface area (Å²) in [7, 11) is 2.06. The van der Waals surface area contributed by atoms with Crippen molar-refractivity contribution in [3.8, 4) is 0 Å². The first-order valence-corrected chi connectivity index (χ1v) is 6.46. The van der Waals surface area contributed by atoms with Gasteiger partial charge in [0.05, 0.1) is 0 Å². The van der Waals surface area contributed by atoms with E-state index in [1.165, 1.54) is 17.2 Å². The van der Waals surface area contributed by atoms with E-state index >= 15 is 0 Å². The minimum atomic E-state index is 0.689. The first-order chi connectivity index (χ1) is 6.40. The number of hydrogen-bond acceptors (Lipinski definition) is 4. The van der Waals surface area contributed by atoms with Crippen molar-refractivity contribution in [3.63, 3.8) is 0 Å². The van der Waals surface area contributed by atoms with E-state index in [0.29, 0.717) is 6.04 Å². The van der Waals surface area contributed by atoms with E-state index in [0.717, 1.165) is 11.7 Å². The van der Waals surface area contributed by atoms with Crippen LogP contribution in [0.1, 0.15) is 12.8 Å². The normalized spacial score (nSPS) is 18.8. The van der Waals surface area contributed by atoms with Gasteiger partial charge < -0.3 is 5.32 Å². The molecule has 2 rings (SSSR count). The van der Waals surface area contributed by atoms with E-state index in [1.807, 2.05) is 23.3 Å². The molecule has 0 bridgehead atoms. The fourth-order valence-corrected chi connectivity index (χ4v) is 3.30. The highest BCUT2D eigenvalue weighted by atomic mass is 32.2. The first-order valence-electron chi connectivity index (χ1n) is 4.59. The Balaban J connectivity index is 1.77. The zero-order valence-corrected chi connectivity index (χ0v) is 9.33. The van der Waals surface area contributed by atoms with Crippen LogP contribution in [0.25, 0.3) is 0 Å². The lowest BCUT2D eigenvalue weighted by Crippen LogP contribution is -2.29. The molecule has 1 atom stereocenters. The summed E-state index contributed by atoms with van der Waals surface area (Å²) in [6, 6.07) is 0.689. The molecule has 1 aliphatic rings. The minimum Gasteiger partial charge on any atom is -0.316 e. The monoisotopic (exact) mass is 214 g/mol. The van der Waals surface area contributed by atoms with Crippen LogP contribution in [-0.4, -0.2) is 23.8 Å². The third-order valence-corrected chi connectivity index (χ3v) is 4.44. The molecule has 0 saturated heterocycles. The summed E-state index contributed by atoms with van der Waals surface area (Å²) in [5.41, 5.74) is 0. The van der Waals surface area contributed by atoms with Gasteiger partial charge in [0.15, 0.2) is 0 Å². The molecule has 72 valence electrons. The summed E-state index contributed by atoms with van der Waals surface area (Å²) in [6.45, 7) is 0. The zero-order valence-electron chi connectivity index (χ0n) is 7.69. The van der Waals surface area contributed by atoms with E-state index < -0.39 is 0 Å². The molecular weight excluding hydrogens is 200 g/mol. The lowest BCUT2D eigenvalue weighted by Gasteiger charge is -2.13. The van der Waals surface area contributed by atoms with Gasteiger partial charge in [-0.2, -0.15) is 0 Å². The van der Waals surface area contributed by atoms with Crippen LogP contribution >= 0.6 is 23.1 Å². The Labute approximate surface area is 87.1 Å². The van der Waals surface area contributed by atoms with Crippen LogP contribution in [-0.2, 0) is 0 Å². The van der Waals surface area contributed by atoms with E-state index in [9.17, 15) is 0 Å². The number of nitrogens with one attached hydrogen (secondary N) is 1. The summed E-state index contributed by atoms with van der Waals surface area (Å²) < 4.78 is 1.20. The van der Waals surface area contributed by atoms with Crippen molar-refractivity contribution in [2.45, 2.75) is 23.2 Å². The van der Waals surface area contributed by atoms with Gasteiger partial charge in [-0.15, -0.1) is 11.3 Å². The molecule has 1 aromatic rings. The van der Waals surface area contributed by atoms with Crippen molar-refractivity contribution >= 4 is 23.1 Å². The minimum absolute atomic E-state index is 0.689. The maximum Gasteiger partial charge on any atom is 0.149 e. The van der Waals surface area contributed by atoms with Gasteiger partial charge in [-0.1, -0.05) is 11.8 Å². The average molecular weight is 214 g/mol. The fraction of sp³-hybridized carbons (Fsp3) is 0.667. The van der Waals surface area contributed by atoms with Crippen LogP contribution in [0.3, 0.4) is 0 Å². The molecule has 1 heterocycles. The summed E-state index contributed by atoms with van der Waals surface area (Å²) in [4.78, 5) is 4.26. The van der Waals surface area contributed by atoms with E-state index in [-0.39, 0.29) is 0 Å². The van der Waals surface area contributed by atoms with Crippen molar-refractivity contribution in [1.82, 2.24) is 10.3 Å². The Morgan fingerprint density at radius 2 is 2.62 bits per heavy atom. The predicted molar refractivity (Wildman–Crippen MR) is 58.4 cm³/mol. The smallest absolute Gasteiger partial charge is 0.149 e. The SMILES string of the molecule is CNC(CSc1nccs1)C1CC1. The molecule has 1 fully saturated rings. The van der Waals surface area contributed by atoms with Crippen LogP contribution in [0.4, 0.5) is 0 Å². The van der Waals surface area contributed by atoms with Crippen LogP contribution in [0, 0.1) is 5.92 Å². The van der Waals surface area contributed by atoms with E-state index in [1.54, 1.807) is 11.3 Å². The van der Waals surface area contributed by atoms with E-state index in [4.69, 9.17) is 0 Å². The summed E-state index contributed by atoms with van der Waals surface area (Å²) in [5.74, 6) is 2.09. The van der Waals surface area contributed by atoms with Crippen molar-refractivity contribution in [1.29, 1.82) is 0 Å². The second kappa shape index (κ2) is 4.44. The highest BCUT2D eigenvalue weighted by molar-refractivity contribution is 8.01. The predicted octanol–water partition coefficient (Wildman–Crippen LogP) is 2.23. The van der Waals surface area contributed by atoms with E-state index in [2.05, 4.69) is 17.3 Å². The molecule has 0 amide bonds. The molecule has 0 spiro atoms. The van der Waals surface area contributed by atoms with Gasteiger partial charge in [0.1, 0.15) is 4.34 Å². The highest BCUT2D eigenvalue weighted by Crippen LogP contribution is 2.35. The molecule has 4 heteroatoms. The van der Waals surface area contributed by atoms with Gasteiger partial charge in [0.2, 0.25) is 0 Å². The Morgan fingerprint density at radius 1 is 1.77 bits per heavy atom. The third kappa shape index (κ3) is 2.69. The lowest BCUT2D eigenvalue weighted by atomic mass is 10.2. The van der Waals surface area contributed by atoms with Crippen LogP contribution in [0.15, 0.2) is 15.9 Å². The molecule has 1 aliphatic carbocycles. The summed E-state index contributed by atoms with van der Waals surface area (Å²) in [5, 5.41) is 5.42. The molecule has 0 aliphatic heterocycles. The van der Waals surface area contributed by atoms with Crippen LogP contribution in [0.5, 0.6) is 0 Å².